The first-order valence-corrected chi connectivity index (χ1v) is 11.8. The van der Waals surface area contributed by atoms with E-state index in [-0.39, 0.29) is 0 Å². The first-order chi connectivity index (χ1) is 15.8. The van der Waals surface area contributed by atoms with E-state index in [1.807, 2.05) is 11.3 Å². The van der Waals surface area contributed by atoms with Gasteiger partial charge in [-0.3, -0.25) is 0 Å². The zero-order valence-corrected chi connectivity index (χ0v) is 18.5. The molecule has 0 unspecified atom stereocenters. The largest absolute Gasteiger partial charge is 0.135 e. The Kier molecular flexibility index (Phi) is 4.82. The van der Waals surface area contributed by atoms with Crippen LogP contribution in [0.2, 0.25) is 0 Å². The molecule has 0 spiro atoms. The maximum Gasteiger partial charge on any atom is 0.0433 e. The van der Waals surface area contributed by atoms with Gasteiger partial charge in [0, 0.05) is 20.2 Å². The van der Waals surface area contributed by atoms with Crippen LogP contribution in [0.15, 0.2) is 121 Å². The second-order valence-corrected chi connectivity index (χ2v) is 9.28. The van der Waals surface area contributed by atoms with E-state index in [1.165, 1.54) is 53.6 Å². The van der Waals surface area contributed by atoms with E-state index in [0.717, 1.165) is 6.42 Å². The van der Waals surface area contributed by atoms with Crippen molar-refractivity contribution >= 4 is 31.5 Å². The molecule has 1 aromatic heterocycles. The van der Waals surface area contributed by atoms with Crippen LogP contribution in [-0.4, -0.2) is 0 Å². The highest BCUT2D eigenvalue weighted by Gasteiger charge is 2.12. The molecule has 0 aliphatic rings. The normalized spacial score (nSPS) is 11.2. The predicted molar refractivity (Wildman–Crippen MR) is 139 cm³/mol. The van der Waals surface area contributed by atoms with Gasteiger partial charge < -0.3 is 0 Å². The van der Waals surface area contributed by atoms with Crippen molar-refractivity contribution in [1.29, 1.82) is 0 Å². The van der Waals surface area contributed by atoms with Crippen LogP contribution in [0.25, 0.3) is 42.4 Å². The molecule has 0 aliphatic heterocycles. The summed E-state index contributed by atoms with van der Waals surface area (Å²) in [6.07, 6.45) is 0.927. The number of benzene rings is 5. The first kappa shape index (κ1) is 19.0. The van der Waals surface area contributed by atoms with Gasteiger partial charge in [0.25, 0.3) is 0 Å². The minimum Gasteiger partial charge on any atom is -0.135 e. The van der Waals surface area contributed by atoms with Crippen molar-refractivity contribution in [3.63, 3.8) is 0 Å². The van der Waals surface area contributed by atoms with Gasteiger partial charge in [0.2, 0.25) is 0 Å². The highest BCUT2D eigenvalue weighted by molar-refractivity contribution is 7.26. The zero-order chi connectivity index (χ0) is 21.3. The Hall–Kier alpha value is -3.68. The van der Waals surface area contributed by atoms with Crippen molar-refractivity contribution in [2.45, 2.75) is 6.42 Å². The number of rotatable bonds is 4. The summed E-state index contributed by atoms with van der Waals surface area (Å²) in [5.41, 5.74) is 7.80. The van der Waals surface area contributed by atoms with E-state index in [4.69, 9.17) is 0 Å². The highest BCUT2D eigenvalue weighted by atomic mass is 32.1. The van der Waals surface area contributed by atoms with Gasteiger partial charge >= 0.3 is 0 Å². The molecular formula is C31H22S. The molecule has 0 amide bonds. The fourth-order valence-corrected chi connectivity index (χ4v) is 5.79. The second-order valence-electron chi connectivity index (χ2n) is 8.23. The number of hydrogen-bond acceptors (Lipinski definition) is 1. The number of fused-ring (bicyclic) bond motifs is 3. The molecule has 0 aliphatic carbocycles. The Balaban J connectivity index is 1.56. The van der Waals surface area contributed by atoms with Gasteiger partial charge in [-0.1, -0.05) is 109 Å². The fourth-order valence-electron chi connectivity index (χ4n) is 4.55. The molecule has 1 heterocycles. The quantitative estimate of drug-likeness (QED) is 0.264. The lowest BCUT2D eigenvalue weighted by atomic mass is 9.93. The van der Waals surface area contributed by atoms with E-state index in [9.17, 15) is 0 Å². The molecule has 0 radical (unpaired) electrons. The average molecular weight is 427 g/mol. The van der Waals surface area contributed by atoms with Gasteiger partial charge in [0.1, 0.15) is 0 Å². The monoisotopic (exact) mass is 426 g/mol. The molecule has 0 N–H and O–H groups in total. The molecule has 6 aromatic rings. The van der Waals surface area contributed by atoms with Crippen molar-refractivity contribution in [3.05, 3.63) is 132 Å². The van der Waals surface area contributed by atoms with Crippen LogP contribution in [0.3, 0.4) is 0 Å². The topological polar surface area (TPSA) is 0 Å². The van der Waals surface area contributed by atoms with Crippen molar-refractivity contribution in [2.75, 3.05) is 0 Å². The minimum absolute atomic E-state index is 0.927. The third kappa shape index (κ3) is 3.51. The van der Waals surface area contributed by atoms with Crippen molar-refractivity contribution < 1.29 is 0 Å². The molecule has 0 bridgehead atoms. The molecule has 0 saturated carbocycles. The van der Waals surface area contributed by atoms with Crippen molar-refractivity contribution in [2.24, 2.45) is 0 Å². The van der Waals surface area contributed by atoms with E-state index in [1.54, 1.807) is 0 Å². The summed E-state index contributed by atoms with van der Waals surface area (Å²) < 4.78 is 2.71. The number of thiophene rings is 1. The molecule has 32 heavy (non-hydrogen) atoms. The van der Waals surface area contributed by atoms with Crippen LogP contribution in [0, 0.1) is 0 Å². The van der Waals surface area contributed by atoms with E-state index >= 15 is 0 Å². The van der Waals surface area contributed by atoms with Crippen LogP contribution in [0.5, 0.6) is 0 Å². The third-order valence-electron chi connectivity index (χ3n) is 6.07. The molecule has 0 nitrogen and oxygen atoms in total. The molecular weight excluding hydrogens is 404 g/mol. The summed E-state index contributed by atoms with van der Waals surface area (Å²) >= 11 is 1.89. The molecule has 1 heteroatoms. The van der Waals surface area contributed by atoms with Gasteiger partial charge in [-0.15, -0.1) is 11.3 Å². The second kappa shape index (κ2) is 8.11. The molecule has 0 atom stereocenters. The lowest BCUT2D eigenvalue weighted by Crippen LogP contribution is -1.91. The molecule has 0 fully saturated rings. The minimum atomic E-state index is 0.927. The summed E-state index contributed by atoms with van der Waals surface area (Å²) in [6.45, 7) is 0. The smallest absolute Gasteiger partial charge is 0.0433 e. The summed E-state index contributed by atoms with van der Waals surface area (Å²) in [7, 11) is 0. The maximum absolute atomic E-state index is 2.37. The summed E-state index contributed by atoms with van der Waals surface area (Å²) in [5, 5.41) is 2.69. The Morgan fingerprint density at radius 2 is 1.16 bits per heavy atom. The first-order valence-electron chi connectivity index (χ1n) is 11.0. The van der Waals surface area contributed by atoms with Gasteiger partial charge in [-0.05, 0) is 51.9 Å². The Labute approximate surface area is 192 Å². The highest BCUT2D eigenvalue weighted by Crippen LogP contribution is 2.41. The Morgan fingerprint density at radius 1 is 0.469 bits per heavy atom. The maximum atomic E-state index is 2.37. The van der Waals surface area contributed by atoms with E-state index in [2.05, 4.69) is 121 Å². The van der Waals surface area contributed by atoms with Crippen LogP contribution in [-0.2, 0) is 6.42 Å². The van der Waals surface area contributed by atoms with Gasteiger partial charge in [-0.25, -0.2) is 0 Å². The van der Waals surface area contributed by atoms with Crippen molar-refractivity contribution in [1.82, 2.24) is 0 Å². The standard InChI is InChI=1S/C31H22S/c1-3-10-22(11-4-1)18-23-19-25(24-12-5-2-6-13-24)21-26(20-23)27-15-9-16-29-28-14-7-8-17-30(28)32-31(27)29/h1-17,19-21H,18H2. The predicted octanol–water partition coefficient (Wildman–Crippen LogP) is 8.98. The van der Waals surface area contributed by atoms with Crippen molar-refractivity contribution in [3.8, 4) is 22.3 Å². The Bertz CT molecular complexity index is 1530. The van der Waals surface area contributed by atoms with Gasteiger partial charge in [-0.2, -0.15) is 0 Å². The van der Waals surface area contributed by atoms with Crippen LogP contribution in [0.4, 0.5) is 0 Å². The van der Waals surface area contributed by atoms with Gasteiger partial charge in [0.05, 0.1) is 0 Å². The molecule has 152 valence electrons. The SMILES string of the molecule is c1ccc(Cc2cc(-c3ccccc3)cc(-c3cccc4c3sc3ccccc34)c2)cc1. The average Bonchev–Trinajstić information content (AvgIpc) is 3.24. The lowest BCUT2D eigenvalue weighted by Gasteiger charge is -2.12. The molecule has 5 aromatic carbocycles. The van der Waals surface area contributed by atoms with Crippen LogP contribution < -0.4 is 0 Å². The van der Waals surface area contributed by atoms with Crippen LogP contribution >= 0.6 is 11.3 Å². The molecule has 0 saturated heterocycles. The number of hydrogen-bond donors (Lipinski definition) is 0. The van der Waals surface area contributed by atoms with Crippen LogP contribution in [0.1, 0.15) is 11.1 Å². The summed E-state index contributed by atoms with van der Waals surface area (Å²) in [5.74, 6) is 0. The third-order valence-corrected chi connectivity index (χ3v) is 7.29. The fraction of sp³-hybridized carbons (Fsp3) is 0.0323. The Morgan fingerprint density at radius 3 is 2.00 bits per heavy atom. The summed E-state index contributed by atoms with van der Waals surface area (Å²) in [6, 6.07) is 44.0. The molecule has 6 rings (SSSR count). The van der Waals surface area contributed by atoms with Gasteiger partial charge in [0.15, 0.2) is 0 Å². The van der Waals surface area contributed by atoms with E-state index < -0.39 is 0 Å². The van der Waals surface area contributed by atoms with E-state index in [0.29, 0.717) is 0 Å². The lowest BCUT2D eigenvalue weighted by molar-refractivity contribution is 1.19. The zero-order valence-electron chi connectivity index (χ0n) is 17.7. The summed E-state index contributed by atoms with van der Waals surface area (Å²) in [4.78, 5) is 0.